The maximum absolute atomic E-state index is 13.2. The number of ether oxygens (including phenoxy) is 1. The molecule has 0 fully saturated rings. The van der Waals surface area contributed by atoms with Gasteiger partial charge in [0.1, 0.15) is 10.5 Å². The number of primary sulfonamides is 1. The second-order valence-corrected chi connectivity index (χ2v) is 8.90. The standard InChI is InChI=1S/C21H23N3O4S/c1-14-12-18(21(2,29(22,26)27)16-6-5-11-23-13-16)24(3)19(14)20(25)15-7-9-17(28-4)10-8-15/h5-13H,1-4H3,(H2,22,26,27). The van der Waals surface area contributed by atoms with E-state index in [0.29, 0.717) is 33.8 Å². The highest BCUT2D eigenvalue weighted by Crippen LogP contribution is 2.37. The van der Waals surface area contributed by atoms with E-state index >= 15 is 0 Å². The van der Waals surface area contributed by atoms with Crippen LogP contribution in [0, 0.1) is 6.92 Å². The zero-order valence-electron chi connectivity index (χ0n) is 16.7. The van der Waals surface area contributed by atoms with E-state index in [2.05, 4.69) is 4.98 Å². The number of ketones is 1. The fourth-order valence-electron chi connectivity index (χ4n) is 3.53. The van der Waals surface area contributed by atoms with Crippen LogP contribution in [0.5, 0.6) is 5.75 Å². The molecule has 1 unspecified atom stereocenters. The molecular weight excluding hydrogens is 390 g/mol. The van der Waals surface area contributed by atoms with E-state index in [0.717, 1.165) is 0 Å². The summed E-state index contributed by atoms with van der Waals surface area (Å²) in [6, 6.07) is 11.8. The number of carbonyl (C=O) groups is 1. The van der Waals surface area contributed by atoms with Crippen LogP contribution in [0.1, 0.15) is 39.8 Å². The summed E-state index contributed by atoms with van der Waals surface area (Å²) in [4.78, 5) is 17.2. The van der Waals surface area contributed by atoms with Crippen molar-refractivity contribution in [2.24, 2.45) is 12.2 Å². The van der Waals surface area contributed by atoms with Gasteiger partial charge in [0.15, 0.2) is 0 Å². The summed E-state index contributed by atoms with van der Waals surface area (Å²) < 4.78 is 30.5. The van der Waals surface area contributed by atoms with Crippen LogP contribution in [0.25, 0.3) is 0 Å². The average Bonchev–Trinajstić information content (AvgIpc) is 3.01. The molecule has 8 heteroatoms. The Kier molecular flexibility index (Phi) is 5.34. The molecule has 0 saturated heterocycles. The van der Waals surface area contributed by atoms with E-state index in [1.54, 1.807) is 74.3 Å². The zero-order valence-corrected chi connectivity index (χ0v) is 17.5. The Balaban J connectivity index is 2.18. The van der Waals surface area contributed by atoms with Crippen molar-refractivity contribution in [2.45, 2.75) is 18.6 Å². The van der Waals surface area contributed by atoms with Gasteiger partial charge >= 0.3 is 0 Å². The number of methoxy groups -OCH3 is 1. The molecular formula is C21H23N3O4S. The van der Waals surface area contributed by atoms with E-state index in [4.69, 9.17) is 9.88 Å². The Labute approximate surface area is 170 Å². The summed E-state index contributed by atoms with van der Waals surface area (Å²) in [5.41, 5.74) is 2.33. The molecule has 0 radical (unpaired) electrons. The van der Waals surface area contributed by atoms with Crippen molar-refractivity contribution in [2.75, 3.05) is 7.11 Å². The molecule has 2 heterocycles. The van der Waals surface area contributed by atoms with Crippen LogP contribution in [0.2, 0.25) is 0 Å². The number of pyridine rings is 1. The van der Waals surface area contributed by atoms with Gasteiger partial charge in [-0.1, -0.05) is 6.07 Å². The molecule has 0 amide bonds. The van der Waals surface area contributed by atoms with Gasteiger partial charge in [0, 0.05) is 30.7 Å². The van der Waals surface area contributed by atoms with Crippen LogP contribution < -0.4 is 9.88 Å². The second-order valence-electron chi connectivity index (χ2n) is 7.00. The van der Waals surface area contributed by atoms with Crippen molar-refractivity contribution in [1.82, 2.24) is 9.55 Å². The first-order valence-electron chi connectivity index (χ1n) is 8.89. The largest absolute Gasteiger partial charge is 0.497 e. The van der Waals surface area contributed by atoms with E-state index < -0.39 is 14.8 Å². The first-order chi connectivity index (χ1) is 13.6. The highest BCUT2D eigenvalue weighted by atomic mass is 32.2. The Morgan fingerprint density at radius 2 is 1.86 bits per heavy atom. The molecule has 29 heavy (non-hydrogen) atoms. The monoisotopic (exact) mass is 413 g/mol. The summed E-state index contributed by atoms with van der Waals surface area (Å²) in [6.45, 7) is 3.29. The molecule has 0 bridgehead atoms. The normalized spacial score (nSPS) is 13.7. The molecule has 7 nitrogen and oxygen atoms in total. The van der Waals surface area contributed by atoms with E-state index in [1.807, 2.05) is 0 Å². The van der Waals surface area contributed by atoms with Gasteiger partial charge in [-0.25, -0.2) is 13.6 Å². The van der Waals surface area contributed by atoms with Gasteiger partial charge in [-0.2, -0.15) is 0 Å². The summed E-state index contributed by atoms with van der Waals surface area (Å²) in [6.07, 6.45) is 3.03. The van der Waals surface area contributed by atoms with Crippen molar-refractivity contribution in [3.63, 3.8) is 0 Å². The first kappa shape index (κ1) is 20.8. The number of carbonyl (C=O) groups excluding carboxylic acids is 1. The van der Waals surface area contributed by atoms with Gasteiger partial charge in [-0.15, -0.1) is 0 Å². The number of rotatable bonds is 6. The lowest BCUT2D eigenvalue weighted by Crippen LogP contribution is -2.41. The molecule has 0 aliphatic carbocycles. The molecule has 1 aromatic carbocycles. The lowest BCUT2D eigenvalue weighted by atomic mass is 9.98. The molecule has 0 aliphatic rings. The zero-order chi connectivity index (χ0) is 21.4. The highest BCUT2D eigenvalue weighted by molar-refractivity contribution is 7.90. The van der Waals surface area contributed by atoms with Crippen molar-refractivity contribution >= 4 is 15.8 Å². The Hall–Kier alpha value is -2.97. The molecule has 0 saturated carbocycles. The van der Waals surface area contributed by atoms with Crippen molar-refractivity contribution < 1.29 is 17.9 Å². The Morgan fingerprint density at radius 1 is 1.21 bits per heavy atom. The maximum Gasteiger partial charge on any atom is 0.224 e. The minimum Gasteiger partial charge on any atom is -0.497 e. The number of nitrogens with zero attached hydrogens (tertiary/aromatic N) is 2. The molecule has 2 aromatic heterocycles. The van der Waals surface area contributed by atoms with Crippen LogP contribution in [0.3, 0.4) is 0 Å². The number of benzene rings is 1. The fraction of sp³-hybridized carbons (Fsp3) is 0.238. The molecule has 1 atom stereocenters. The summed E-state index contributed by atoms with van der Waals surface area (Å²) in [5.74, 6) is 0.422. The van der Waals surface area contributed by atoms with Crippen molar-refractivity contribution in [3.05, 3.63) is 82.9 Å². The van der Waals surface area contributed by atoms with Gasteiger partial charge in [-0.05, 0) is 61.4 Å². The summed E-state index contributed by atoms with van der Waals surface area (Å²) in [7, 11) is -0.866. The van der Waals surface area contributed by atoms with Crippen LogP contribution in [-0.4, -0.2) is 30.9 Å². The molecule has 3 rings (SSSR count). The maximum atomic E-state index is 13.2. The number of sulfonamides is 1. The third-order valence-electron chi connectivity index (χ3n) is 5.26. The number of hydrogen-bond acceptors (Lipinski definition) is 5. The SMILES string of the molecule is COc1ccc(C(=O)c2c(C)cc(C(C)(c3cccnc3)S(N)(=O)=O)n2C)cc1. The topological polar surface area (TPSA) is 104 Å². The minimum absolute atomic E-state index is 0.221. The highest BCUT2D eigenvalue weighted by Gasteiger charge is 2.44. The average molecular weight is 413 g/mol. The van der Waals surface area contributed by atoms with Gasteiger partial charge < -0.3 is 9.30 Å². The fourth-order valence-corrected chi connectivity index (χ4v) is 4.46. The van der Waals surface area contributed by atoms with E-state index in [1.165, 1.54) is 13.1 Å². The Bertz CT molecular complexity index is 1150. The van der Waals surface area contributed by atoms with Crippen LogP contribution in [0.4, 0.5) is 0 Å². The second kappa shape index (κ2) is 7.46. The van der Waals surface area contributed by atoms with Gasteiger partial charge in [0.05, 0.1) is 12.8 Å². The summed E-state index contributed by atoms with van der Waals surface area (Å²) >= 11 is 0. The molecule has 3 aromatic rings. The van der Waals surface area contributed by atoms with Gasteiger partial charge in [0.25, 0.3) is 0 Å². The number of aromatic nitrogens is 2. The van der Waals surface area contributed by atoms with Crippen LogP contribution in [-0.2, 0) is 21.8 Å². The van der Waals surface area contributed by atoms with Gasteiger partial charge in [-0.3, -0.25) is 9.78 Å². The Morgan fingerprint density at radius 3 is 2.38 bits per heavy atom. The number of nitrogens with two attached hydrogens (primary N) is 1. The van der Waals surface area contributed by atoms with Crippen LogP contribution >= 0.6 is 0 Å². The van der Waals surface area contributed by atoms with Crippen molar-refractivity contribution in [1.29, 1.82) is 0 Å². The van der Waals surface area contributed by atoms with E-state index in [9.17, 15) is 13.2 Å². The predicted molar refractivity (Wildman–Crippen MR) is 110 cm³/mol. The first-order valence-corrected chi connectivity index (χ1v) is 10.4. The van der Waals surface area contributed by atoms with E-state index in [-0.39, 0.29) is 5.78 Å². The lowest BCUT2D eigenvalue weighted by molar-refractivity contribution is 0.103. The third kappa shape index (κ3) is 3.45. The molecule has 0 aliphatic heterocycles. The predicted octanol–water partition coefficient (Wildman–Crippen LogP) is 2.52. The third-order valence-corrected chi connectivity index (χ3v) is 6.84. The summed E-state index contributed by atoms with van der Waals surface area (Å²) in [5, 5.41) is 5.66. The molecule has 0 spiro atoms. The number of hydrogen-bond donors (Lipinski definition) is 1. The van der Waals surface area contributed by atoms with Crippen molar-refractivity contribution in [3.8, 4) is 5.75 Å². The molecule has 2 N–H and O–H groups in total. The minimum atomic E-state index is -4.08. The number of aryl methyl sites for hydroxylation is 1. The van der Waals surface area contributed by atoms with Gasteiger partial charge in [0.2, 0.25) is 15.8 Å². The van der Waals surface area contributed by atoms with Crippen LogP contribution in [0.15, 0.2) is 54.9 Å². The molecule has 152 valence electrons. The smallest absolute Gasteiger partial charge is 0.224 e. The lowest BCUT2D eigenvalue weighted by Gasteiger charge is -2.28. The quantitative estimate of drug-likeness (QED) is 0.625.